The highest BCUT2D eigenvalue weighted by Crippen LogP contribution is 2.22. The summed E-state index contributed by atoms with van der Waals surface area (Å²) in [7, 11) is 0. The average molecular weight is 307 g/mol. The zero-order valence-electron chi connectivity index (χ0n) is 11.6. The summed E-state index contributed by atoms with van der Waals surface area (Å²) in [5, 5.41) is 3.14. The Hall–Kier alpha value is -2.07. The molecule has 0 radical (unpaired) electrons. The average Bonchev–Trinajstić information content (AvgIpc) is 2.44. The van der Waals surface area contributed by atoms with Gasteiger partial charge in [-0.3, -0.25) is 4.79 Å². The Morgan fingerprint density at radius 3 is 2.81 bits per heavy atom. The third-order valence-electron chi connectivity index (χ3n) is 3.28. The number of aryl methyl sites for hydroxylation is 1. The highest BCUT2D eigenvalue weighted by molar-refractivity contribution is 6.33. The van der Waals surface area contributed by atoms with Crippen LogP contribution in [0.3, 0.4) is 0 Å². The van der Waals surface area contributed by atoms with Gasteiger partial charge in [-0.1, -0.05) is 23.7 Å². The summed E-state index contributed by atoms with van der Waals surface area (Å²) in [6.45, 7) is 2.28. The van der Waals surface area contributed by atoms with E-state index in [0.717, 1.165) is 11.1 Å². The molecule has 0 aromatic heterocycles. The molecule has 110 valence electrons. The first-order chi connectivity index (χ1) is 9.99. The predicted octanol–water partition coefficient (Wildman–Crippen LogP) is 3.34. The number of halogens is 2. The molecule has 2 aromatic rings. The molecule has 21 heavy (non-hydrogen) atoms. The predicted molar refractivity (Wildman–Crippen MR) is 83.0 cm³/mol. The van der Waals surface area contributed by atoms with E-state index < -0.39 is 0 Å². The molecule has 3 N–H and O–H groups in total. The Labute approximate surface area is 127 Å². The van der Waals surface area contributed by atoms with Crippen LogP contribution in [0.5, 0.6) is 0 Å². The fourth-order valence-corrected chi connectivity index (χ4v) is 2.26. The van der Waals surface area contributed by atoms with Crippen molar-refractivity contribution in [3.05, 3.63) is 63.9 Å². The summed E-state index contributed by atoms with van der Waals surface area (Å²) in [5.74, 6) is -0.526. The van der Waals surface area contributed by atoms with Crippen molar-refractivity contribution in [2.75, 3.05) is 12.3 Å². The van der Waals surface area contributed by atoms with Crippen LogP contribution in [0.2, 0.25) is 5.02 Å². The van der Waals surface area contributed by atoms with Crippen molar-refractivity contribution in [3.8, 4) is 0 Å². The molecule has 0 atom stereocenters. The van der Waals surface area contributed by atoms with Gasteiger partial charge in [-0.25, -0.2) is 4.39 Å². The molecule has 2 aromatic carbocycles. The first-order valence-corrected chi connectivity index (χ1v) is 6.94. The van der Waals surface area contributed by atoms with Gasteiger partial charge in [0.15, 0.2) is 0 Å². The first kappa shape index (κ1) is 15.3. The maximum Gasteiger partial charge on any atom is 0.253 e. The molecule has 2 rings (SSSR count). The third kappa shape index (κ3) is 3.73. The summed E-state index contributed by atoms with van der Waals surface area (Å²) in [6, 6.07) is 9.56. The number of anilines is 1. The zero-order valence-corrected chi connectivity index (χ0v) is 12.4. The van der Waals surface area contributed by atoms with Crippen LogP contribution >= 0.6 is 11.6 Å². The third-order valence-corrected chi connectivity index (χ3v) is 3.61. The molecule has 0 aliphatic rings. The summed E-state index contributed by atoms with van der Waals surface area (Å²) >= 11 is 5.88. The molecule has 5 heteroatoms. The van der Waals surface area contributed by atoms with Gasteiger partial charge < -0.3 is 11.1 Å². The van der Waals surface area contributed by atoms with Crippen molar-refractivity contribution < 1.29 is 9.18 Å². The number of para-hydroxylation sites is 1. The van der Waals surface area contributed by atoms with E-state index in [1.807, 2.05) is 6.92 Å². The molecule has 0 unspecified atom stereocenters. The van der Waals surface area contributed by atoms with E-state index in [-0.39, 0.29) is 17.4 Å². The molecule has 0 saturated heterocycles. The smallest absolute Gasteiger partial charge is 0.253 e. The standard InChI is InChI=1S/C16H16ClFN2O/c1-10-9-12(18)6-5-11(10)7-8-20-16(21)13-3-2-4-14(17)15(13)19/h2-6,9H,7-8,19H2,1H3,(H,20,21). The SMILES string of the molecule is Cc1cc(F)ccc1CCNC(=O)c1cccc(Cl)c1N. The second-order valence-electron chi connectivity index (χ2n) is 4.78. The number of nitrogens with two attached hydrogens (primary N) is 1. The molecule has 0 spiro atoms. The number of hydrogen-bond acceptors (Lipinski definition) is 2. The van der Waals surface area contributed by atoms with Crippen LogP contribution in [0.25, 0.3) is 0 Å². The van der Waals surface area contributed by atoms with Crippen LogP contribution < -0.4 is 11.1 Å². The van der Waals surface area contributed by atoms with E-state index in [2.05, 4.69) is 5.32 Å². The number of nitrogens with one attached hydrogen (secondary N) is 1. The van der Waals surface area contributed by atoms with Gasteiger partial charge >= 0.3 is 0 Å². The number of nitrogen functional groups attached to an aromatic ring is 1. The lowest BCUT2D eigenvalue weighted by Crippen LogP contribution is -2.26. The van der Waals surface area contributed by atoms with Gasteiger partial charge in [0.1, 0.15) is 5.82 Å². The number of amides is 1. The Balaban J connectivity index is 1.97. The fourth-order valence-electron chi connectivity index (χ4n) is 2.08. The van der Waals surface area contributed by atoms with Crippen LogP contribution in [-0.4, -0.2) is 12.5 Å². The highest BCUT2D eigenvalue weighted by Gasteiger charge is 2.11. The summed E-state index contributed by atoms with van der Waals surface area (Å²) in [5.41, 5.74) is 8.27. The number of carbonyl (C=O) groups is 1. The summed E-state index contributed by atoms with van der Waals surface area (Å²) in [4.78, 5) is 12.0. The van der Waals surface area contributed by atoms with Crippen LogP contribution in [0.4, 0.5) is 10.1 Å². The molecular formula is C16H16ClFN2O. The van der Waals surface area contributed by atoms with Crippen LogP contribution in [-0.2, 0) is 6.42 Å². The molecule has 0 heterocycles. The van der Waals surface area contributed by atoms with E-state index in [0.29, 0.717) is 23.6 Å². The second kappa shape index (κ2) is 6.59. The molecular weight excluding hydrogens is 291 g/mol. The van der Waals surface area contributed by atoms with Crippen molar-refractivity contribution in [2.24, 2.45) is 0 Å². The van der Waals surface area contributed by atoms with Gasteiger partial charge in [0.05, 0.1) is 16.3 Å². The first-order valence-electron chi connectivity index (χ1n) is 6.56. The van der Waals surface area contributed by atoms with Crippen molar-refractivity contribution in [1.82, 2.24) is 5.32 Å². The topological polar surface area (TPSA) is 55.1 Å². The highest BCUT2D eigenvalue weighted by atomic mass is 35.5. The summed E-state index contributed by atoms with van der Waals surface area (Å²) in [6.07, 6.45) is 0.623. The Morgan fingerprint density at radius 1 is 1.33 bits per heavy atom. The normalized spacial score (nSPS) is 10.4. The number of hydrogen-bond donors (Lipinski definition) is 2. The van der Waals surface area contributed by atoms with E-state index in [4.69, 9.17) is 17.3 Å². The molecule has 3 nitrogen and oxygen atoms in total. The van der Waals surface area contributed by atoms with Crippen LogP contribution in [0.1, 0.15) is 21.5 Å². The van der Waals surface area contributed by atoms with Gasteiger partial charge in [0.25, 0.3) is 5.91 Å². The van der Waals surface area contributed by atoms with E-state index in [1.54, 1.807) is 24.3 Å². The fraction of sp³-hybridized carbons (Fsp3) is 0.188. The van der Waals surface area contributed by atoms with E-state index in [9.17, 15) is 9.18 Å². The largest absolute Gasteiger partial charge is 0.397 e. The molecule has 0 aliphatic heterocycles. The van der Waals surface area contributed by atoms with Crippen molar-refractivity contribution in [2.45, 2.75) is 13.3 Å². The Kier molecular flexibility index (Phi) is 4.81. The minimum absolute atomic E-state index is 0.257. The minimum Gasteiger partial charge on any atom is -0.397 e. The van der Waals surface area contributed by atoms with Gasteiger partial charge in [0.2, 0.25) is 0 Å². The molecule has 0 bridgehead atoms. The van der Waals surface area contributed by atoms with Crippen molar-refractivity contribution >= 4 is 23.2 Å². The van der Waals surface area contributed by atoms with Crippen LogP contribution in [0.15, 0.2) is 36.4 Å². The lowest BCUT2D eigenvalue weighted by molar-refractivity contribution is 0.0955. The molecule has 0 fully saturated rings. The van der Waals surface area contributed by atoms with E-state index >= 15 is 0 Å². The quantitative estimate of drug-likeness (QED) is 0.851. The van der Waals surface area contributed by atoms with Gasteiger partial charge in [0, 0.05) is 6.54 Å². The van der Waals surface area contributed by atoms with Gasteiger partial charge in [-0.05, 0) is 48.7 Å². The summed E-state index contributed by atoms with van der Waals surface area (Å²) < 4.78 is 13.0. The second-order valence-corrected chi connectivity index (χ2v) is 5.18. The molecule has 0 aliphatic carbocycles. The van der Waals surface area contributed by atoms with Gasteiger partial charge in [-0.2, -0.15) is 0 Å². The van der Waals surface area contributed by atoms with Gasteiger partial charge in [-0.15, -0.1) is 0 Å². The number of carbonyl (C=O) groups excluding carboxylic acids is 1. The van der Waals surface area contributed by atoms with Crippen LogP contribution in [0, 0.1) is 12.7 Å². The lowest BCUT2D eigenvalue weighted by atomic mass is 10.1. The Bertz CT molecular complexity index is 673. The number of rotatable bonds is 4. The van der Waals surface area contributed by atoms with E-state index in [1.165, 1.54) is 12.1 Å². The minimum atomic E-state index is -0.269. The Morgan fingerprint density at radius 2 is 2.10 bits per heavy atom. The lowest BCUT2D eigenvalue weighted by Gasteiger charge is -2.10. The molecule has 1 amide bonds. The number of benzene rings is 2. The van der Waals surface area contributed by atoms with Crippen molar-refractivity contribution in [3.63, 3.8) is 0 Å². The van der Waals surface area contributed by atoms with Crippen molar-refractivity contribution in [1.29, 1.82) is 0 Å². The monoisotopic (exact) mass is 306 g/mol. The maximum absolute atomic E-state index is 13.0. The zero-order chi connectivity index (χ0) is 15.4. The molecule has 0 saturated carbocycles. The maximum atomic E-state index is 13.0.